The van der Waals surface area contributed by atoms with Crippen LogP contribution in [0.1, 0.15) is 21.2 Å². The van der Waals surface area contributed by atoms with E-state index in [2.05, 4.69) is 0 Å². The summed E-state index contributed by atoms with van der Waals surface area (Å²) >= 11 is 7.76. The molecule has 0 radical (unpaired) electrons. The standard InChI is InChI=1S/C16H14ClNO2S/c1-10-7-8-11(20-10)9-18(2)16(19)15-14(17)12-5-3-4-6-13(12)21-15/h3-8H,9H2,1-2H3. The van der Waals surface area contributed by atoms with Gasteiger partial charge in [-0.2, -0.15) is 0 Å². The Balaban J connectivity index is 1.87. The molecule has 5 heteroatoms. The van der Waals surface area contributed by atoms with Crippen LogP contribution in [0.5, 0.6) is 0 Å². The number of benzene rings is 1. The Morgan fingerprint density at radius 2 is 2.05 bits per heavy atom. The Bertz CT molecular complexity index is 806. The Morgan fingerprint density at radius 1 is 1.29 bits per heavy atom. The molecule has 2 heterocycles. The maximum atomic E-state index is 12.6. The minimum Gasteiger partial charge on any atom is -0.464 e. The van der Waals surface area contributed by atoms with Crippen LogP contribution in [0.4, 0.5) is 0 Å². The van der Waals surface area contributed by atoms with Crippen molar-refractivity contribution in [3.05, 3.63) is 57.8 Å². The fourth-order valence-corrected chi connectivity index (χ4v) is 3.71. The third kappa shape index (κ3) is 2.69. The number of aryl methyl sites for hydroxylation is 1. The van der Waals surface area contributed by atoms with E-state index in [1.807, 2.05) is 43.3 Å². The third-order valence-corrected chi connectivity index (χ3v) is 4.93. The molecule has 0 aliphatic heterocycles. The lowest BCUT2D eigenvalue weighted by Gasteiger charge is -2.14. The van der Waals surface area contributed by atoms with Crippen LogP contribution in [0.3, 0.4) is 0 Å². The maximum Gasteiger partial charge on any atom is 0.265 e. The number of fused-ring (bicyclic) bond motifs is 1. The summed E-state index contributed by atoms with van der Waals surface area (Å²) in [5.41, 5.74) is 0. The summed E-state index contributed by atoms with van der Waals surface area (Å²) in [6, 6.07) is 11.5. The lowest BCUT2D eigenvalue weighted by atomic mass is 10.2. The molecule has 3 aromatic rings. The fourth-order valence-electron chi connectivity index (χ4n) is 2.20. The second-order valence-electron chi connectivity index (χ2n) is 4.91. The molecule has 0 aliphatic carbocycles. The highest BCUT2D eigenvalue weighted by Crippen LogP contribution is 2.35. The Labute approximate surface area is 131 Å². The van der Waals surface area contributed by atoms with Crippen molar-refractivity contribution in [3.8, 4) is 0 Å². The summed E-state index contributed by atoms with van der Waals surface area (Å²) in [5.74, 6) is 1.52. The maximum absolute atomic E-state index is 12.6. The number of rotatable bonds is 3. The molecule has 0 bridgehead atoms. The third-order valence-electron chi connectivity index (χ3n) is 3.26. The quantitative estimate of drug-likeness (QED) is 0.699. The van der Waals surface area contributed by atoms with E-state index in [9.17, 15) is 4.79 Å². The average Bonchev–Trinajstić information content (AvgIpc) is 3.03. The molecular weight excluding hydrogens is 306 g/mol. The van der Waals surface area contributed by atoms with Gasteiger partial charge in [-0.1, -0.05) is 29.8 Å². The average molecular weight is 320 g/mol. The van der Waals surface area contributed by atoms with Crippen molar-refractivity contribution < 1.29 is 9.21 Å². The van der Waals surface area contributed by atoms with Crippen molar-refractivity contribution in [3.63, 3.8) is 0 Å². The van der Waals surface area contributed by atoms with Crippen LogP contribution in [0.15, 0.2) is 40.8 Å². The molecule has 0 atom stereocenters. The fraction of sp³-hybridized carbons (Fsp3) is 0.188. The smallest absolute Gasteiger partial charge is 0.265 e. The molecule has 0 spiro atoms. The van der Waals surface area contributed by atoms with E-state index in [4.69, 9.17) is 16.0 Å². The second-order valence-corrected chi connectivity index (χ2v) is 6.35. The van der Waals surface area contributed by atoms with Gasteiger partial charge in [-0.05, 0) is 25.1 Å². The van der Waals surface area contributed by atoms with Crippen molar-refractivity contribution in [1.29, 1.82) is 0 Å². The van der Waals surface area contributed by atoms with Gasteiger partial charge in [0.05, 0.1) is 11.6 Å². The molecule has 0 fully saturated rings. The number of hydrogen-bond acceptors (Lipinski definition) is 3. The van der Waals surface area contributed by atoms with Crippen molar-refractivity contribution in [2.24, 2.45) is 0 Å². The van der Waals surface area contributed by atoms with Crippen LogP contribution < -0.4 is 0 Å². The first-order chi connectivity index (χ1) is 10.1. The van der Waals surface area contributed by atoms with E-state index in [-0.39, 0.29) is 5.91 Å². The van der Waals surface area contributed by atoms with Gasteiger partial charge < -0.3 is 9.32 Å². The van der Waals surface area contributed by atoms with Crippen molar-refractivity contribution in [1.82, 2.24) is 4.90 Å². The number of carbonyl (C=O) groups excluding carboxylic acids is 1. The molecule has 0 saturated heterocycles. The molecule has 1 aromatic carbocycles. The lowest BCUT2D eigenvalue weighted by Crippen LogP contribution is -2.25. The Morgan fingerprint density at radius 3 is 2.71 bits per heavy atom. The van der Waals surface area contributed by atoms with Crippen LogP contribution in [0, 0.1) is 6.92 Å². The molecule has 0 N–H and O–H groups in total. The van der Waals surface area contributed by atoms with Gasteiger partial charge in [0.15, 0.2) is 0 Å². The minimum absolute atomic E-state index is 0.0877. The van der Waals surface area contributed by atoms with Crippen LogP contribution in [0.2, 0.25) is 5.02 Å². The van der Waals surface area contributed by atoms with Gasteiger partial charge in [-0.25, -0.2) is 0 Å². The number of halogens is 1. The normalized spacial score (nSPS) is 11.0. The monoisotopic (exact) mass is 319 g/mol. The molecule has 21 heavy (non-hydrogen) atoms. The van der Waals surface area contributed by atoms with E-state index in [1.165, 1.54) is 11.3 Å². The first-order valence-electron chi connectivity index (χ1n) is 6.54. The molecule has 0 unspecified atom stereocenters. The predicted molar refractivity (Wildman–Crippen MR) is 86.1 cm³/mol. The molecule has 3 rings (SSSR count). The van der Waals surface area contributed by atoms with Gasteiger partial charge in [-0.3, -0.25) is 4.79 Å². The largest absolute Gasteiger partial charge is 0.464 e. The first-order valence-corrected chi connectivity index (χ1v) is 7.73. The van der Waals surface area contributed by atoms with Gasteiger partial charge in [0.2, 0.25) is 0 Å². The summed E-state index contributed by atoms with van der Waals surface area (Å²) in [6.07, 6.45) is 0. The number of nitrogens with zero attached hydrogens (tertiary/aromatic N) is 1. The molecular formula is C16H14ClNO2S. The predicted octanol–water partition coefficient (Wildman–Crippen LogP) is 4.73. The van der Waals surface area contributed by atoms with E-state index in [0.29, 0.717) is 16.4 Å². The van der Waals surface area contributed by atoms with Gasteiger partial charge in [0.1, 0.15) is 16.4 Å². The summed E-state index contributed by atoms with van der Waals surface area (Å²) in [4.78, 5) is 14.7. The molecule has 3 nitrogen and oxygen atoms in total. The number of amides is 1. The number of hydrogen-bond donors (Lipinski definition) is 0. The van der Waals surface area contributed by atoms with Gasteiger partial charge in [0, 0.05) is 17.1 Å². The van der Waals surface area contributed by atoms with Crippen LogP contribution in [-0.2, 0) is 6.54 Å². The summed E-state index contributed by atoms with van der Waals surface area (Å²) in [5, 5.41) is 1.46. The van der Waals surface area contributed by atoms with E-state index >= 15 is 0 Å². The highest BCUT2D eigenvalue weighted by Gasteiger charge is 2.20. The van der Waals surface area contributed by atoms with Crippen LogP contribution in [0.25, 0.3) is 10.1 Å². The van der Waals surface area contributed by atoms with Crippen molar-refractivity contribution in [2.45, 2.75) is 13.5 Å². The summed E-state index contributed by atoms with van der Waals surface area (Å²) < 4.78 is 6.53. The lowest BCUT2D eigenvalue weighted by molar-refractivity contribution is 0.0780. The zero-order valence-corrected chi connectivity index (χ0v) is 13.3. The van der Waals surface area contributed by atoms with Gasteiger partial charge in [0.25, 0.3) is 5.91 Å². The van der Waals surface area contributed by atoms with Gasteiger partial charge in [-0.15, -0.1) is 11.3 Å². The second kappa shape index (κ2) is 5.54. The zero-order valence-electron chi connectivity index (χ0n) is 11.7. The highest BCUT2D eigenvalue weighted by atomic mass is 35.5. The Hall–Kier alpha value is -1.78. The molecule has 2 aromatic heterocycles. The number of carbonyl (C=O) groups is 1. The number of thiophene rings is 1. The van der Waals surface area contributed by atoms with Crippen LogP contribution >= 0.6 is 22.9 Å². The topological polar surface area (TPSA) is 33.5 Å². The van der Waals surface area contributed by atoms with E-state index < -0.39 is 0 Å². The summed E-state index contributed by atoms with van der Waals surface area (Å²) in [6.45, 7) is 2.31. The Kier molecular flexibility index (Phi) is 3.74. The zero-order chi connectivity index (χ0) is 15.0. The van der Waals surface area contributed by atoms with E-state index in [1.54, 1.807) is 11.9 Å². The highest BCUT2D eigenvalue weighted by molar-refractivity contribution is 7.21. The first kappa shape index (κ1) is 14.2. The van der Waals surface area contributed by atoms with E-state index in [0.717, 1.165) is 21.6 Å². The molecule has 0 aliphatic rings. The van der Waals surface area contributed by atoms with Crippen molar-refractivity contribution >= 4 is 38.9 Å². The molecule has 0 saturated carbocycles. The summed E-state index contributed by atoms with van der Waals surface area (Å²) in [7, 11) is 1.75. The van der Waals surface area contributed by atoms with Crippen molar-refractivity contribution in [2.75, 3.05) is 7.05 Å². The van der Waals surface area contributed by atoms with Crippen LogP contribution in [-0.4, -0.2) is 17.9 Å². The van der Waals surface area contributed by atoms with Gasteiger partial charge >= 0.3 is 0 Å². The molecule has 1 amide bonds. The minimum atomic E-state index is -0.0877. The SMILES string of the molecule is Cc1ccc(CN(C)C(=O)c2sc3ccccc3c2Cl)o1. The number of furan rings is 1. The molecule has 108 valence electrons.